The lowest BCUT2D eigenvalue weighted by Crippen LogP contribution is -2.04. The van der Waals surface area contributed by atoms with E-state index in [0.717, 1.165) is 5.69 Å². The summed E-state index contributed by atoms with van der Waals surface area (Å²) < 4.78 is 28.5. The molecule has 0 saturated carbocycles. The summed E-state index contributed by atoms with van der Waals surface area (Å²) in [7, 11) is 0. The quantitative estimate of drug-likeness (QED) is 0.880. The second-order valence-electron chi connectivity index (χ2n) is 3.58. The van der Waals surface area contributed by atoms with Crippen molar-refractivity contribution >= 4 is 28.9 Å². The van der Waals surface area contributed by atoms with Crippen LogP contribution in [-0.4, -0.2) is 16.6 Å². The number of ether oxygens (including phenoxy) is 1. The summed E-state index contributed by atoms with van der Waals surface area (Å²) in [6.45, 7) is -2.50. The van der Waals surface area contributed by atoms with E-state index in [1.807, 2.05) is 0 Å². The van der Waals surface area contributed by atoms with E-state index in [2.05, 4.69) is 20.0 Å². The zero-order valence-corrected chi connectivity index (χ0v) is 11.0. The standard InChI is InChI=1S/C11H9Cl2F2N3O/c12-8-1-6(17-4-7-3-16-5-18-7)2-9(13)10(8)19-11(14)15/h1-3,5,11,17H,4H2,(H,16,18). The molecule has 0 aliphatic carbocycles. The van der Waals surface area contributed by atoms with Crippen molar-refractivity contribution in [3.8, 4) is 5.75 Å². The first-order valence-corrected chi connectivity index (χ1v) is 5.97. The summed E-state index contributed by atoms with van der Waals surface area (Å²) >= 11 is 11.7. The maximum Gasteiger partial charge on any atom is 0.387 e. The largest absolute Gasteiger partial charge is 0.432 e. The highest BCUT2D eigenvalue weighted by Crippen LogP contribution is 2.37. The number of aromatic nitrogens is 2. The molecule has 1 aromatic carbocycles. The predicted octanol–water partition coefficient (Wildman–Crippen LogP) is 3.93. The summed E-state index contributed by atoms with van der Waals surface area (Å²) in [5.41, 5.74) is 1.45. The van der Waals surface area contributed by atoms with Crippen molar-refractivity contribution in [2.45, 2.75) is 13.2 Å². The first-order valence-electron chi connectivity index (χ1n) is 5.21. The van der Waals surface area contributed by atoms with Crippen molar-refractivity contribution in [2.24, 2.45) is 0 Å². The molecule has 0 saturated heterocycles. The van der Waals surface area contributed by atoms with Crippen molar-refractivity contribution in [3.05, 3.63) is 40.4 Å². The van der Waals surface area contributed by atoms with Gasteiger partial charge >= 0.3 is 6.61 Å². The Morgan fingerprint density at radius 3 is 2.53 bits per heavy atom. The van der Waals surface area contributed by atoms with Crippen LogP contribution in [0.25, 0.3) is 0 Å². The van der Waals surface area contributed by atoms with E-state index in [-0.39, 0.29) is 15.8 Å². The van der Waals surface area contributed by atoms with E-state index in [4.69, 9.17) is 23.2 Å². The first kappa shape index (κ1) is 13.9. The normalized spacial score (nSPS) is 10.8. The Bertz CT molecular complexity index is 526. The second kappa shape index (κ2) is 6.08. The Hall–Kier alpha value is -1.53. The third-order valence-corrected chi connectivity index (χ3v) is 2.80. The molecule has 0 fully saturated rings. The van der Waals surface area contributed by atoms with Crippen LogP contribution < -0.4 is 10.1 Å². The molecule has 4 nitrogen and oxygen atoms in total. The summed E-state index contributed by atoms with van der Waals surface area (Å²) in [4.78, 5) is 6.78. The third kappa shape index (κ3) is 3.71. The minimum atomic E-state index is -2.97. The van der Waals surface area contributed by atoms with Crippen LogP contribution in [0.4, 0.5) is 14.5 Å². The molecule has 1 aromatic heterocycles. The number of anilines is 1. The zero-order chi connectivity index (χ0) is 13.8. The van der Waals surface area contributed by atoms with E-state index in [0.29, 0.717) is 12.2 Å². The summed E-state index contributed by atoms with van der Waals surface area (Å²) in [5, 5.41) is 3.05. The Kier molecular flexibility index (Phi) is 4.44. The fraction of sp³-hybridized carbons (Fsp3) is 0.182. The Labute approximate surface area is 117 Å². The van der Waals surface area contributed by atoms with Gasteiger partial charge in [0.2, 0.25) is 0 Å². The molecule has 2 N–H and O–H groups in total. The molecular weight excluding hydrogens is 299 g/mol. The highest BCUT2D eigenvalue weighted by molar-refractivity contribution is 6.37. The van der Waals surface area contributed by atoms with Gasteiger partial charge in [0.1, 0.15) is 0 Å². The maximum atomic E-state index is 12.1. The number of hydrogen-bond donors (Lipinski definition) is 2. The predicted molar refractivity (Wildman–Crippen MR) is 69.0 cm³/mol. The molecule has 1 heterocycles. The highest BCUT2D eigenvalue weighted by Gasteiger charge is 2.14. The van der Waals surface area contributed by atoms with Gasteiger partial charge in [0, 0.05) is 11.9 Å². The lowest BCUT2D eigenvalue weighted by atomic mass is 10.3. The number of alkyl halides is 2. The molecule has 0 aliphatic heterocycles. The number of aromatic amines is 1. The third-order valence-electron chi connectivity index (χ3n) is 2.24. The summed E-state index contributed by atoms with van der Waals surface area (Å²) in [6, 6.07) is 2.92. The molecular formula is C11H9Cl2F2N3O. The summed E-state index contributed by atoms with van der Waals surface area (Å²) in [6.07, 6.45) is 3.21. The SMILES string of the molecule is FC(F)Oc1c(Cl)cc(NCc2cnc[nH]2)cc1Cl. The van der Waals surface area contributed by atoms with Gasteiger partial charge in [0.25, 0.3) is 0 Å². The molecule has 0 bridgehead atoms. The molecule has 0 aliphatic rings. The number of nitrogens with zero attached hydrogens (tertiary/aromatic N) is 1. The van der Waals surface area contributed by atoms with Crippen molar-refractivity contribution in [3.63, 3.8) is 0 Å². The lowest BCUT2D eigenvalue weighted by Gasteiger charge is -2.11. The zero-order valence-electron chi connectivity index (χ0n) is 9.46. The minimum Gasteiger partial charge on any atom is -0.432 e. The van der Waals surface area contributed by atoms with Crippen molar-refractivity contribution in [1.29, 1.82) is 0 Å². The van der Waals surface area contributed by atoms with Crippen LogP contribution in [0.1, 0.15) is 5.69 Å². The maximum absolute atomic E-state index is 12.1. The van der Waals surface area contributed by atoms with Gasteiger partial charge < -0.3 is 15.0 Å². The molecule has 19 heavy (non-hydrogen) atoms. The van der Waals surface area contributed by atoms with Crippen LogP contribution in [0.5, 0.6) is 5.75 Å². The molecule has 0 radical (unpaired) electrons. The van der Waals surface area contributed by atoms with Crippen molar-refractivity contribution < 1.29 is 13.5 Å². The number of benzene rings is 1. The van der Waals surface area contributed by atoms with Gasteiger partial charge in [0.15, 0.2) is 5.75 Å². The average molecular weight is 308 g/mol. The van der Waals surface area contributed by atoms with Crippen LogP contribution in [0.3, 0.4) is 0 Å². The molecule has 0 atom stereocenters. The minimum absolute atomic E-state index is 0.0138. The number of rotatable bonds is 5. The van der Waals surface area contributed by atoms with Gasteiger partial charge in [0.05, 0.1) is 28.6 Å². The molecule has 0 unspecified atom stereocenters. The van der Waals surface area contributed by atoms with Gasteiger partial charge in [-0.25, -0.2) is 4.98 Å². The van der Waals surface area contributed by atoms with E-state index >= 15 is 0 Å². The number of H-pyrrole nitrogens is 1. The lowest BCUT2D eigenvalue weighted by molar-refractivity contribution is -0.0497. The average Bonchev–Trinajstić information content (AvgIpc) is 2.84. The van der Waals surface area contributed by atoms with Gasteiger partial charge in [-0.1, -0.05) is 23.2 Å². The fourth-order valence-corrected chi connectivity index (χ4v) is 2.02. The first-order chi connectivity index (χ1) is 9.06. The Morgan fingerprint density at radius 1 is 1.32 bits per heavy atom. The monoisotopic (exact) mass is 307 g/mol. The Morgan fingerprint density at radius 2 is 2.00 bits per heavy atom. The fourth-order valence-electron chi connectivity index (χ4n) is 1.44. The smallest absolute Gasteiger partial charge is 0.387 e. The van der Waals surface area contributed by atoms with E-state index in [9.17, 15) is 8.78 Å². The van der Waals surface area contributed by atoms with Gasteiger partial charge in [-0.3, -0.25) is 0 Å². The van der Waals surface area contributed by atoms with E-state index in [1.165, 1.54) is 12.1 Å². The number of imidazole rings is 1. The number of nitrogens with one attached hydrogen (secondary N) is 2. The van der Waals surface area contributed by atoms with Crippen molar-refractivity contribution in [1.82, 2.24) is 9.97 Å². The molecule has 8 heteroatoms. The van der Waals surface area contributed by atoms with E-state index < -0.39 is 6.61 Å². The molecule has 0 amide bonds. The molecule has 0 spiro atoms. The Balaban J connectivity index is 2.10. The number of halogens is 4. The molecule has 2 aromatic rings. The van der Waals surface area contributed by atoms with Crippen LogP contribution >= 0.6 is 23.2 Å². The number of hydrogen-bond acceptors (Lipinski definition) is 3. The molecule has 102 valence electrons. The van der Waals surface area contributed by atoms with Gasteiger partial charge in [-0.2, -0.15) is 8.78 Å². The van der Waals surface area contributed by atoms with Crippen molar-refractivity contribution in [2.75, 3.05) is 5.32 Å². The van der Waals surface area contributed by atoms with Crippen LogP contribution in [0.2, 0.25) is 10.0 Å². The van der Waals surface area contributed by atoms with Crippen LogP contribution in [0, 0.1) is 0 Å². The van der Waals surface area contributed by atoms with Crippen LogP contribution in [0.15, 0.2) is 24.7 Å². The summed E-state index contributed by atoms with van der Waals surface area (Å²) in [5.74, 6) is -0.231. The van der Waals surface area contributed by atoms with Gasteiger partial charge in [-0.05, 0) is 12.1 Å². The molecule has 2 rings (SSSR count). The van der Waals surface area contributed by atoms with Gasteiger partial charge in [-0.15, -0.1) is 0 Å². The topological polar surface area (TPSA) is 49.9 Å². The highest BCUT2D eigenvalue weighted by atomic mass is 35.5. The van der Waals surface area contributed by atoms with E-state index in [1.54, 1.807) is 12.5 Å². The second-order valence-corrected chi connectivity index (χ2v) is 4.39. The van der Waals surface area contributed by atoms with Crippen LogP contribution in [-0.2, 0) is 6.54 Å².